The zero-order valence-electron chi connectivity index (χ0n) is 6.77. The van der Waals surface area contributed by atoms with Crippen LogP contribution in [0.25, 0.3) is 0 Å². The Bertz CT molecular complexity index is 188. The first-order chi connectivity index (χ1) is 5.07. The fourth-order valence-corrected chi connectivity index (χ4v) is 0.533. The third-order valence-electron chi connectivity index (χ3n) is 1.15. The Labute approximate surface area is 65.9 Å². The van der Waals surface area contributed by atoms with E-state index in [9.17, 15) is 8.78 Å². The predicted molar refractivity (Wildman–Crippen MR) is 43.7 cm³/mol. The second-order valence-corrected chi connectivity index (χ2v) is 2.27. The molecule has 0 aromatic rings. The predicted octanol–water partition coefficient (Wildman–Crippen LogP) is 3.33. The van der Waals surface area contributed by atoms with Gasteiger partial charge in [0.1, 0.15) is 0 Å². The second kappa shape index (κ2) is 4.83. The molecule has 0 rings (SSSR count). The number of halogens is 2. The van der Waals surface area contributed by atoms with Crippen LogP contribution in [0.5, 0.6) is 0 Å². The maximum atomic E-state index is 12.0. The smallest absolute Gasteiger partial charge is 0.205 e. The topological polar surface area (TPSA) is 0 Å². The molecule has 0 spiro atoms. The van der Waals surface area contributed by atoms with Gasteiger partial charge in [-0.25, -0.2) is 8.78 Å². The van der Waals surface area contributed by atoms with Crippen molar-refractivity contribution in [1.82, 2.24) is 0 Å². The lowest BCUT2D eigenvalue weighted by Gasteiger charge is -1.97. The highest BCUT2D eigenvalue weighted by Gasteiger charge is 2.04. The molecule has 0 aliphatic rings. The molecule has 2 heteroatoms. The molecule has 0 unspecified atom stereocenters. The van der Waals surface area contributed by atoms with Gasteiger partial charge in [-0.2, -0.15) is 0 Å². The molecule has 0 saturated heterocycles. The van der Waals surface area contributed by atoms with Crippen molar-refractivity contribution in [2.75, 3.05) is 0 Å². The van der Waals surface area contributed by atoms with Crippen LogP contribution >= 0.6 is 0 Å². The van der Waals surface area contributed by atoms with Crippen molar-refractivity contribution >= 4 is 0 Å². The van der Waals surface area contributed by atoms with E-state index in [0.717, 1.165) is 5.57 Å². The van der Waals surface area contributed by atoms with Gasteiger partial charge in [0.25, 0.3) is 6.43 Å². The van der Waals surface area contributed by atoms with Gasteiger partial charge in [0.15, 0.2) is 0 Å². The summed E-state index contributed by atoms with van der Waals surface area (Å²) in [6.45, 7) is 6.91. The van der Waals surface area contributed by atoms with Crippen LogP contribution < -0.4 is 0 Å². The maximum Gasteiger partial charge on any atom is 0.263 e. The maximum absolute atomic E-state index is 12.0. The number of hydrogen-bond acceptors (Lipinski definition) is 0. The van der Waals surface area contributed by atoms with Crippen molar-refractivity contribution in [3.05, 3.63) is 36.0 Å². The molecule has 0 aliphatic carbocycles. The Morgan fingerprint density at radius 3 is 2.18 bits per heavy atom. The normalized spacial score (nSPS) is 13.0. The van der Waals surface area contributed by atoms with Crippen LogP contribution in [-0.4, -0.2) is 6.43 Å². The van der Waals surface area contributed by atoms with Gasteiger partial charge >= 0.3 is 0 Å². The number of alkyl halides is 2. The van der Waals surface area contributed by atoms with Crippen LogP contribution in [0.15, 0.2) is 36.0 Å². The summed E-state index contributed by atoms with van der Waals surface area (Å²) < 4.78 is 24.0. The zero-order chi connectivity index (χ0) is 8.85. The van der Waals surface area contributed by atoms with Crippen molar-refractivity contribution in [3.63, 3.8) is 0 Å². The first-order valence-corrected chi connectivity index (χ1v) is 3.36. The van der Waals surface area contributed by atoms with Gasteiger partial charge in [0, 0.05) is 5.57 Å². The molecule has 62 valence electrons. The van der Waals surface area contributed by atoms with Crippen LogP contribution in [0, 0.1) is 0 Å². The third-order valence-corrected chi connectivity index (χ3v) is 1.15. The highest BCUT2D eigenvalue weighted by atomic mass is 19.3. The van der Waals surface area contributed by atoms with Gasteiger partial charge in [-0.3, -0.25) is 0 Å². The minimum absolute atomic E-state index is 0.0352. The molecule has 11 heavy (non-hydrogen) atoms. The highest BCUT2D eigenvalue weighted by Crippen LogP contribution is 2.10. The summed E-state index contributed by atoms with van der Waals surface area (Å²) in [5, 5.41) is 0. The van der Waals surface area contributed by atoms with Crippen LogP contribution in [0.4, 0.5) is 8.78 Å². The lowest BCUT2D eigenvalue weighted by Crippen LogP contribution is -1.92. The van der Waals surface area contributed by atoms with E-state index in [-0.39, 0.29) is 5.57 Å². The van der Waals surface area contributed by atoms with Crippen LogP contribution in [0.2, 0.25) is 0 Å². The summed E-state index contributed by atoms with van der Waals surface area (Å²) in [4.78, 5) is 0. The Morgan fingerprint density at radius 2 is 1.91 bits per heavy atom. The summed E-state index contributed by atoms with van der Waals surface area (Å²) in [6.07, 6.45) is 1.95. The number of hydrogen-bond donors (Lipinski definition) is 0. The number of allylic oxidation sites excluding steroid dienone is 5. The molecular formula is C9H12F2. The van der Waals surface area contributed by atoms with E-state index in [1.165, 1.54) is 12.2 Å². The fraction of sp³-hybridized carbons (Fsp3) is 0.333. The first-order valence-electron chi connectivity index (χ1n) is 3.36. The summed E-state index contributed by atoms with van der Waals surface area (Å²) in [5.74, 6) is 0. The first kappa shape index (κ1) is 10.1. The molecule has 0 N–H and O–H groups in total. The zero-order valence-corrected chi connectivity index (χ0v) is 6.77. The summed E-state index contributed by atoms with van der Waals surface area (Å²) in [5.41, 5.74) is 0.804. The molecule has 0 aliphatic heterocycles. The van der Waals surface area contributed by atoms with Crippen molar-refractivity contribution in [1.29, 1.82) is 0 Å². The average molecular weight is 158 g/mol. The van der Waals surface area contributed by atoms with E-state index in [0.29, 0.717) is 0 Å². The van der Waals surface area contributed by atoms with E-state index in [4.69, 9.17) is 0 Å². The molecule has 0 bridgehead atoms. The summed E-state index contributed by atoms with van der Waals surface area (Å²) in [7, 11) is 0. The average Bonchev–Trinajstić information content (AvgIpc) is 1.87. The van der Waals surface area contributed by atoms with Gasteiger partial charge in [-0.15, -0.1) is 0 Å². The van der Waals surface area contributed by atoms with Crippen molar-refractivity contribution < 1.29 is 8.78 Å². The quantitative estimate of drug-likeness (QED) is 0.552. The van der Waals surface area contributed by atoms with E-state index >= 15 is 0 Å². The SMILES string of the molecule is C=C(C)/C=C\C(=C/C)C(F)F. The lowest BCUT2D eigenvalue weighted by atomic mass is 10.2. The van der Waals surface area contributed by atoms with Gasteiger partial charge < -0.3 is 0 Å². The van der Waals surface area contributed by atoms with Crippen molar-refractivity contribution in [3.8, 4) is 0 Å². The van der Waals surface area contributed by atoms with Gasteiger partial charge in [-0.1, -0.05) is 30.4 Å². The highest BCUT2D eigenvalue weighted by molar-refractivity contribution is 5.26. The third kappa shape index (κ3) is 4.48. The Morgan fingerprint density at radius 1 is 1.36 bits per heavy atom. The Hall–Kier alpha value is -0.920. The van der Waals surface area contributed by atoms with E-state index < -0.39 is 6.43 Å². The largest absolute Gasteiger partial charge is 0.263 e. The second-order valence-electron chi connectivity index (χ2n) is 2.27. The summed E-state index contributed by atoms with van der Waals surface area (Å²) >= 11 is 0. The summed E-state index contributed by atoms with van der Waals surface area (Å²) in [6, 6.07) is 0. The van der Waals surface area contributed by atoms with E-state index in [1.807, 2.05) is 0 Å². The lowest BCUT2D eigenvalue weighted by molar-refractivity contribution is 0.194. The van der Waals surface area contributed by atoms with E-state index in [1.54, 1.807) is 19.9 Å². The molecule has 0 saturated carbocycles. The Balaban J connectivity index is 4.22. The minimum Gasteiger partial charge on any atom is -0.205 e. The van der Waals surface area contributed by atoms with Gasteiger partial charge in [-0.05, 0) is 13.8 Å². The Kier molecular flexibility index (Phi) is 4.42. The molecule has 0 radical (unpaired) electrons. The van der Waals surface area contributed by atoms with Crippen LogP contribution in [0.3, 0.4) is 0 Å². The van der Waals surface area contributed by atoms with Crippen molar-refractivity contribution in [2.24, 2.45) is 0 Å². The van der Waals surface area contributed by atoms with Crippen LogP contribution in [-0.2, 0) is 0 Å². The monoisotopic (exact) mass is 158 g/mol. The molecular weight excluding hydrogens is 146 g/mol. The standard InChI is InChI=1S/C9H12F2/c1-4-8(9(10)11)6-5-7(2)3/h4-6,9H,2H2,1,3H3/b6-5-,8-4+. The number of rotatable bonds is 3. The van der Waals surface area contributed by atoms with Gasteiger partial charge in [0.2, 0.25) is 0 Å². The van der Waals surface area contributed by atoms with Crippen LogP contribution in [0.1, 0.15) is 13.8 Å². The van der Waals surface area contributed by atoms with Gasteiger partial charge in [0.05, 0.1) is 0 Å². The minimum atomic E-state index is -2.39. The van der Waals surface area contributed by atoms with Crippen molar-refractivity contribution in [2.45, 2.75) is 20.3 Å². The fourth-order valence-electron chi connectivity index (χ4n) is 0.533. The molecule has 0 fully saturated rings. The molecule has 0 atom stereocenters. The molecule has 0 aromatic heterocycles. The van der Waals surface area contributed by atoms with E-state index in [2.05, 4.69) is 6.58 Å². The molecule has 0 heterocycles. The molecule has 0 amide bonds. The molecule has 0 nitrogen and oxygen atoms in total. The molecule has 0 aromatic carbocycles.